The van der Waals surface area contributed by atoms with E-state index in [-0.39, 0.29) is 12.0 Å². The first-order valence-corrected chi connectivity index (χ1v) is 9.74. The maximum absolute atomic E-state index is 12.7. The van der Waals surface area contributed by atoms with Gasteiger partial charge < -0.3 is 9.72 Å². The Balaban J connectivity index is 1.78. The van der Waals surface area contributed by atoms with Gasteiger partial charge in [0.15, 0.2) is 17.2 Å². The van der Waals surface area contributed by atoms with Crippen LogP contribution in [0.2, 0.25) is 0 Å². The van der Waals surface area contributed by atoms with Crippen LogP contribution in [0.3, 0.4) is 0 Å². The zero-order valence-electron chi connectivity index (χ0n) is 16.3. The van der Waals surface area contributed by atoms with Crippen molar-refractivity contribution in [1.82, 2.24) is 9.47 Å². The van der Waals surface area contributed by atoms with E-state index >= 15 is 0 Å². The number of ketones is 1. The molecule has 1 aromatic heterocycles. The van der Waals surface area contributed by atoms with Crippen molar-refractivity contribution in [3.05, 3.63) is 58.3 Å². The van der Waals surface area contributed by atoms with E-state index in [0.29, 0.717) is 10.9 Å². The van der Waals surface area contributed by atoms with Gasteiger partial charge in [0.2, 0.25) is 0 Å². The number of ether oxygens (including phenoxy) is 1. The van der Waals surface area contributed by atoms with E-state index in [4.69, 9.17) is 4.74 Å². The van der Waals surface area contributed by atoms with Gasteiger partial charge in [-0.1, -0.05) is 24.6 Å². The fourth-order valence-corrected chi connectivity index (χ4v) is 5.01. The van der Waals surface area contributed by atoms with Crippen LogP contribution in [-0.4, -0.2) is 24.4 Å². The summed E-state index contributed by atoms with van der Waals surface area (Å²) in [6.07, 6.45) is 1.48. The monoisotopic (exact) mass is 361 g/mol. The average molecular weight is 361 g/mol. The Morgan fingerprint density at radius 3 is 2.85 bits per heavy atom. The third-order valence-corrected chi connectivity index (χ3v) is 6.37. The summed E-state index contributed by atoms with van der Waals surface area (Å²) in [6.45, 7) is 7.04. The van der Waals surface area contributed by atoms with Crippen LogP contribution in [0, 0.1) is 13.8 Å². The molecule has 0 spiro atoms. The van der Waals surface area contributed by atoms with Crippen LogP contribution in [0.25, 0.3) is 10.9 Å². The van der Waals surface area contributed by atoms with E-state index in [1.807, 2.05) is 19.9 Å². The predicted octanol–water partition coefficient (Wildman–Crippen LogP) is 4.96. The molecule has 3 heterocycles. The van der Waals surface area contributed by atoms with Crippen LogP contribution >= 0.6 is 0 Å². The summed E-state index contributed by atoms with van der Waals surface area (Å²) < 4.78 is 7.21. The maximum atomic E-state index is 12.7. The molecule has 4 nitrogen and oxygen atoms in total. The summed E-state index contributed by atoms with van der Waals surface area (Å²) in [4.78, 5) is 16.2. The Hall–Kier alpha value is -2.59. The number of aromatic amines is 1. The van der Waals surface area contributed by atoms with Gasteiger partial charge in [0, 0.05) is 18.5 Å². The summed E-state index contributed by atoms with van der Waals surface area (Å²) in [7, 11) is 2.25. The molecule has 0 saturated heterocycles. The third-order valence-electron chi connectivity index (χ3n) is 6.37. The second-order valence-electron chi connectivity index (χ2n) is 8.15. The highest BCUT2D eigenvalue weighted by atomic mass is 16.5. The van der Waals surface area contributed by atoms with Crippen molar-refractivity contribution in [1.29, 1.82) is 0 Å². The number of H-pyrrole nitrogens is 1. The van der Waals surface area contributed by atoms with Crippen molar-refractivity contribution >= 4 is 22.4 Å². The number of benzene rings is 2. The van der Waals surface area contributed by atoms with Crippen LogP contribution in [0.4, 0.5) is 5.69 Å². The highest BCUT2D eigenvalue weighted by Gasteiger charge is 2.51. The molecule has 4 heteroatoms. The number of fused-ring (bicyclic) bond motifs is 7. The first-order valence-electron chi connectivity index (χ1n) is 9.74. The molecule has 0 amide bonds. The van der Waals surface area contributed by atoms with Gasteiger partial charge in [0.05, 0.1) is 35.6 Å². The second kappa shape index (κ2) is 5.46. The fraction of sp³-hybridized carbons (Fsp3) is 0.348. The molecule has 2 atom stereocenters. The van der Waals surface area contributed by atoms with Crippen molar-refractivity contribution in [2.24, 2.45) is 0 Å². The lowest BCUT2D eigenvalue weighted by Gasteiger charge is -2.38. The number of nitrogens with zero attached hydrogens (tertiary/aromatic N) is 1. The highest BCUT2D eigenvalue weighted by molar-refractivity contribution is 6.14. The van der Waals surface area contributed by atoms with E-state index in [9.17, 15) is 4.79 Å². The van der Waals surface area contributed by atoms with Crippen LogP contribution in [0.5, 0.6) is 5.75 Å². The number of hydrogen-bond acceptors (Lipinski definition) is 2. The number of carbonyl (C=O) groups excluding carboxylic acids is 1. The molecule has 2 unspecified atom stereocenters. The summed E-state index contributed by atoms with van der Waals surface area (Å²) in [5.74, 6) is 1.10. The Morgan fingerprint density at radius 2 is 2.07 bits per heavy atom. The summed E-state index contributed by atoms with van der Waals surface area (Å²) in [6, 6.07) is 10.8. The second-order valence-corrected chi connectivity index (χ2v) is 8.15. The van der Waals surface area contributed by atoms with Crippen LogP contribution in [-0.2, 0) is 6.42 Å². The van der Waals surface area contributed by atoms with Crippen LogP contribution in [0.15, 0.2) is 30.3 Å². The fourth-order valence-electron chi connectivity index (χ4n) is 5.01. The smallest absolute Gasteiger partial charge is 0.265 e. The standard InChI is InChI=1S/C23H24N2O2/c1-5-18(26)20-14(3)24-17-8-9-19-22(21(17)20)25(4)11-10-15-12-13(2)6-7-16(15)23(25)27-19/h6-9,12,23H,5,10-11H2,1-4H3/p+1. The van der Waals surface area contributed by atoms with Crippen molar-refractivity contribution < 1.29 is 9.53 Å². The molecule has 2 aromatic carbocycles. The number of quaternary nitrogens is 1. The maximum Gasteiger partial charge on any atom is 0.265 e. The zero-order valence-corrected chi connectivity index (χ0v) is 16.3. The normalized spacial score (nSPS) is 22.9. The van der Waals surface area contributed by atoms with E-state index in [2.05, 4.69) is 43.2 Å². The lowest BCUT2D eigenvalue weighted by Crippen LogP contribution is -2.51. The topological polar surface area (TPSA) is 42.1 Å². The van der Waals surface area contributed by atoms with Gasteiger partial charge in [0.1, 0.15) is 0 Å². The van der Waals surface area contributed by atoms with Gasteiger partial charge in [0.25, 0.3) is 6.23 Å². The van der Waals surface area contributed by atoms with E-state index < -0.39 is 0 Å². The zero-order chi connectivity index (χ0) is 18.9. The minimum atomic E-state index is -0.0465. The number of aryl methyl sites for hydroxylation is 2. The average Bonchev–Trinajstić information content (AvgIpc) is 3.14. The number of carbonyl (C=O) groups is 1. The van der Waals surface area contributed by atoms with Gasteiger partial charge in [-0.25, -0.2) is 0 Å². The van der Waals surface area contributed by atoms with Crippen LogP contribution in [0.1, 0.15) is 52.3 Å². The first kappa shape index (κ1) is 16.6. The molecule has 2 aliphatic heterocycles. The van der Waals surface area contributed by atoms with Crippen molar-refractivity contribution in [3.63, 3.8) is 0 Å². The number of hydrogen-bond donors (Lipinski definition) is 1. The highest BCUT2D eigenvalue weighted by Crippen LogP contribution is 2.54. The van der Waals surface area contributed by atoms with Crippen molar-refractivity contribution in [2.45, 2.75) is 39.8 Å². The minimum Gasteiger partial charge on any atom is -0.432 e. The molecule has 3 aromatic rings. The SMILES string of the molecule is CCC(=O)c1c(C)[nH]c2ccc3c(c12)[N+]1(C)CCc2cc(C)ccc2C1O3. The summed E-state index contributed by atoms with van der Waals surface area (Å²) in [5.41, 5.74) is 7.92. The Bertz CT molecular complexity index is 1110. The van der Waals surface area contributed by atoms with E-state index in [1.165, 1.54) is 16.7 Å². The van der Waals surface area contributed by atoms with Gasteiger partial charge in [-0.05, 0) is 37.6 Å². The van der Waals surface area contributed by atoms with Crippen molar-refractivity contribution in [3.8, 4) is 5.75 Å². The lowest BCUT2D eigenvalue weighted by molar-refractivity contribution is 0.0777. The van der Waals surface area contributed by atoms with E-state index in [0.717, 1.165) is 46.6 Å². The number of rotatable bonds is 2. The number of nitrogens with one attached hydrogen (secondary N) is 1. The molecule has 0 aliphatic carbocycles. The molecule has 0 fully saturated rings. The van der Waals surface area contributed by atoms with E-state index in [1.54, 1.807) is 0 Å². The Kier molecular flexibility index (Phi) is 3.35. The molecule has 0 radical (unpaired) electrons. The molecular weight excluding hydrogens is 336 g/mol. The first-order chi connectivity index (χ1) is 12.9. The number of aromatic nitrogens is 1. The Morgan fingerprint density at radius 1 is 1.26 bits per heavy atom. The van der Waals surface area contributed by atoms with Crippen LogP contribution < -0.4 is 9.22 Å². The van der Waals surface area contributed by atoms with Gasteiger partial charge in [-0.3, -0.25) is 9.28 Å². The van der Waals surface area contributed by atoms with Crippen molar-refractivity contribution in [2.75, 3.05) is 13.6 Å². The molecular formula is C23H25N2O2+. The minimum absolute atomic E-state index is 0.0465. The molecule has 1 N–H and O–H groups in total. The Labute approximate surface area is 159 Å². The summed E-state index contributed by atoms with van der Waals surface area (Å²) >= 11 is 0. The molecule has 2 aliphatic rings. The third kappa shape index (κ3) is 2.10. The largest absolute Gasteiger partial charge is 0.432 e. The quantitative estimate of drug-likeness (QED) is 0.518. The lowest BCUT2D eigenvalue weighted by atomic mass is 9.93. The van der Waals surface area contributed by atoms with Gasteiger partial charge in [-0.2, -0.15) is 0 Å². The van der Waals surface area contributed by atoms with Gasteiger partial charge >= 0.3 is 0 Å². The molecule has 0 saturated carbocycles. The van der Waals surface area contributed by atoms with Gasteiger partial charge in [-0.15, -0.1) is 0 Å². The molecule has 5 rings (SSSR count). The number of likely N-dealkylation sites (N-methyl/N-ethyl adjacent to an activating group) is 1. The molecule has 0 bridgehead atoms. The molecule has 27 heavy (non-hydrogen) atoms. The number of Topliss-reactive ketones (excluding diaryl/α,β-unsaturated/α-hetero) is 1. The molecule has 138 valence electrons. The predicted molar refractivity (Wildman–Crippen MR) is 108 cm³/mol. The summed E-state index contributed by atoms with van der Waals surface area (Å²) in [5, 5.41) is 1.05.